The summed E-state index contributed by atoms with van der Waals surface area (Å²) in [5.41, 5.74) is -1.65. The van der Waals surface area contributed by atoms with Gasteiger partial charge < -0.3 is 9.47 Å². The quantitative estimate of drug-likeness (QED) is 0.593. The Morgan fingerprint density at radius 1 is 1.17 bits per heavy atom. The molecule has 0 aliphatic rings. The van der Waals surface area contributed by atoms with Gasteiger partial charge in [-0.1, -0.05) is 5.21 Å². The summed E-state index contributed by atoms with van der Waals surface area (Å²) >= 11 is 0. The Morgan fingerprint density at radius 2 is 1.83 bits per heavy atom. The maximum atomic E-state index is 12.8. The van der Waals surface area contributed by atoms with Crippen molar-refractivity contribution in [1.82, 2.24) is 24.5 Å². The lowest BCUT2D eigenvalue weighted by atomic mass is 10.1. The summed E-state index contributed by atoms with van der Waals surface area (Å²) in [6, 6.07) is 4.82. The van der Waals surface area contributed by atoms with Crippen LogP contribution in [0.2, 0.25) is 0 Å². The number of alkyl halides is 3. The molecule has 3 rings (SSSR count). The van der Waals surface area contributed by atoms with Gasteiger partial charge in [0.2, 0.25) is 0 Å². The molecule has 0 spiro atoms. The molecule has 0 radical (unpaired) electrons. The van der Waals surface area contributed by atoms with Crippen molar-refractivity contribution in [3.05, 3.63) is 40.9 Å². The van der Waals surface area contributed by atoms with Gasteiger partial charge in [-0.25, -0.2) is 9.78 Å². The topological polar surface area (TPSA) is 101 Å². The zero-order valence-electron chi connectivity index (χ0n) is 15.6. The fourth-order valence-electron chi connectivity index (χ4n) is 2.58. The Hall–Kier alpha value is -3.44. The van der Waals surface area contributed by atoms with E-state index in [1.807, 2.05) is 0 Å². The van der Waals surface area contributed by atoms with E-state index >= 15 is 0 Å². The summed E-state index contributed by atoms with van der Waals surface area (Å²) in [6.07, 6.45) is -3.64. The molecule has 29 heavy (non-hydrogen) atoms. The van der Waals surface area contributed by atoms with Crippen LogP contribution in [0.25, 0.3) is 16.9 Å². The van der Waals surface area contributed by atoms with Gasteiger partial charge in [-0.3, -0.25) is 9.36 Å². The van der Waals surface area contributed by atoms with E-state index < -0.39 is 29.2 Å². The van der Waals surface area contributed by atoms with Crippen molar-refractivity contribution in [3.8, 4) is 11.4 Å². The third-order valence-electron chi connectivity index (χ3n) is 4.06. The van der Waals surface area contributed by atoms with Crippen molar-refractivity contribution in [1.29, 1.82) is 0 Å². The lowest BCUT2D eigenvalue weighted by Gasteiger charge is -2.24. The van der Waals surface area contributed by atoms with Crippen LogP contribution >= 0.6 is 0 Å². The summed E-state index contributed by atoms with van der Waals surface area (Å²) in [4.78, 5) is 29.1. The highest BCUT2D eigenvalue weighted by molar-refractivity contribution is 5.78. The highest BCUT2D eigenvalue weighted by Crippen LogP contribution is 2.24. The molecule has 0 bridgehead atoms. The number of carbonyl (C=O) groups is 1. The zero-order valence-corrected chi connectivity index (χ0v) is 15.6. The number of nitrogens with zero attached hydrogens (tertiary/aromatic N) is 5. The van der Waals surface area contributed by atoms with Crippen LogP contribution in [0.3, 0.4) is 0 Å². The minimum atomic E-state index is -4.81. The maximum Gasteiger partial charge on any atom is 0.573 e. The number of fused-ring (bicyclic) bond motifs is 1. The van der Waals surface area contributed by atoms with Gasteiger partial charge in [-0.2, -0.15) is 4.68 Å². The summed E-state index contributed by atoms with van der Waals surface area (Å²) < 4.78 is 47.9. The molecule has 2 heterocycles. The van der Waals surface area contributed by atoms with Crippen LogP contribution in [-0.2, 0) is 15.1 Å². The van der Waals surface area contributed by atoms with Gasteiger partial charge in [-0.15, -0.1) is 18.3 Å². The molecule has 0 atom stereocenters. The van der Waals surface area contributed by atoms with Crippen LogP contribution in [0.4, 0.5) is 13.2 Å². The van der Waals surface area contributed by atoms with Gasteiger partial charge in [0.25, 0.3) is 5.56 Å². The van der Waals surface area contributed by atoms with Crippen LogP contribution in [0.1, 0.15) is 20.8 Å². The van der Waals surface area contributed by atoms with Crippen molar-refractivity contribution in [3.63, 3.8) is 0 Å². The normalized spacial score (nSPS) is 12.2. The molecule has 0 aliphatic carbocycles. The van der Waals surface area contributed by atoms with Crippen molar-refractivity contribution >= 4 is 17.1 Å². The molecule has 0 N–H and O–H groups in total. The molecular formula is C17H16F3N5O4. The maximum absolute atomic E-state index is 12.8. The molecule has 0 fully saturated rings. The van der Waals surface area contributed by atoms with Crippen LogP contribution < -0.4 is 10.3 Å². The predicted octanol–water partition coefficient (Wildman–Crippen LogP) is 2.17. The largest absolute Gasteiger partial charge is 0.573 e. The first-order valence-electron chi connectivity index (χ1n) is 8.41. The van der Waals surface area contributed by atoms with E-state index in [1.165, 1.54) is 37.0 Å². The molecule has 9 nitrogen and oxygen atoms in total. The number of aromatic nitrogens is 5. The third-order valence-corrected chi connectivity index (χ3v) is 4.06. The molecule has 2 aromatic heterocycles. The fraction of sp³-hybridized carbons (Fsp3) is 0.353. The molecule has 12 heteroatoms. The van der Waals surface area contributed by atoms with Crippen LogP contribution in [0, 0.1) is 0 Å². The van der Waals surface area contributed by atoms with Gasteiger partial charge in [0.15, 0.2) is 11.2 Å². The second-order valence-electron chi connectivity index (χ2n) is 6.41. The highest BCUT2D eigenvalue weighted by atomic mass is 19.4. The molecule has 0 saturated carbocycles. The second-order valence-corrected chi connectivity index (χ2v) is 6.41. The first-order valence-corrected chi connectivity index (χ1v) is 8.41. The predicted molar refractivity (Wildman–Crippen MR) is 93.6 cm³/mol. The number of hydrogen-bond donors (Lipinski definition) is 0. The first-order chi connectivity index (χ1) is 13.5. The zero-order chi connectivity index (χ0) is 21.4. The average Bonchev–Trinajstić information content (AvgIpc) is 3.06. The number of halogens is 3. The summed E-state index contributed by atoms with van der Waals surface area (Å²) in [7, 11) is 0. The van der Waals surface area contributed by atoms with Gasteiger partial charge in [-0.05, 0) is 45.0 Å². The van der Waals surface area contributed by atoms with E-state index in [-0.39, 0.29) is 17.8 Å². The number of ether oxygens (including phenoxy) is 2. The van der Waals surface area contributed by atoms with Crippen molar-refractivity contribution in [2.75, 3.05) is 6.61 Å². The van der Waals surface area contributed by atoms with E-state index in [9.17, 15) is 22.8 Å². The Balaban J connectivity index is 2.00. The van der Waals surface area contributed by atoms with E-state index in [0.29, 0.717) is 5.69 Å². The van der Waals surface area contributed by atoms with Crippen molar-refractivity contribution in [2.45, 2.75) is 32.7 Å². The second kappa shape index (κ2) is 7.18. The molecule has 1 aromatic carbocycles. The highest BCUT2D eigenvalue weighted by Gasteiger charge is 2.34. The summed E-state index contributed by atoms with van der Waals surface area (Å²) in [6.45, 7) is 4.80. The monoisotopic (exact) mass is 411 g/mol. The number of hydrogen-bond acceptors (Lipinski definition) is 7. The minimum absolute atomic E-state index is 0.0791. The lowest BCUT2D eigenvalue weighted by molar-refractivity contribution is -0.274. The standard InChI is InChI=1S/C17H16F3N5O4/c1-4-28-15(27)16(2,3)24-9-21-13-12(14(24)26)22-23-25(13)10-5-7-11(8-6-10)29-17(18,19)20/h5-9H,4H2,1-3H3. The van der Waals surface area contributed by atoms with Crippen LogP contribution in [-0.4, -0.2) is 43.5 Å². The number of rotatable bonds is 5. The van der Waals surface area contributed by atoms with E-state index in [0.717, 1.165) is 16.7 Å². The van der Waals surface area contributed by atoms with Gasteiger partial charge in [0, 0.05) is 0 Å². The smallest absolute Gasteiger partial charge is 0.464 e. The van der Waals surface area contributed by atoms with Gasteiger partial charge >= 0.3 is 12.3 Å². The third kappa shape index (κ3) is 3.91. The van der Waals surface area contributed by atoms with Crippen molar-refractivity contribution < 1.29 is 27.4 Å². The lowest BCUT2D eigenvalue weighted by Crippen LogP contribution is -2.44. The molecule has 154 valence electrons. The number of carbonyl (C=O) groups excluding carboxylic acids is 1. The van der Waals surface area contributed by atoms with E-state index in [2.05, 4.69) is 20.0 Å². The Kier molecular flexibility index (Phi) is 5.03. The number of benzene rings is 1. The SMILES string of the molecule is CCOC(=O)C(C)(C)n1cnc2c(nnn2-c2ccc(OC(F)(F)F)cc2)c1=O. The van der Waals surface area contributed by atoms with Crippen molar-refractivity contribution in [2.24, 2.45) is 0 Å². The van der Waals surface area contributed by atoms with Crippen LogP contribution in [0.15, 0.2) is 35.4 Å². The molecule has 0 unspecified atom stereocenters. The Bertz CT molecular complexity index is 1100. The van der Waals surface area contributed by atoms with E-state index in [4.69, 9.17) is 4.74 Å². The van der Waals surface area contributed by atoms with Crippen LogP contribution in [0.5, 0.6) is 5.75 Å². The van der Waals surface area contributed by atoms with Gasteiger partial charge in [0.1, 0.15) is 17.6 Å². The average molecular weight is 411 g/mol. The summed E-state index contributed by atoms with van der Waals surface area (Å²) in [5.74, 6) is -1.02. The Labute approximate surface area is 161 Å². The molecule has 0 saturated heterocycles. The fourth-order valence-corrected chi connectivity index (χ4v) is 2.58. The number of esters is 1. The van der Waals surface area contributed by atoms with Gasteiger partial charge in [0.05, 0.1) is 12.3 Å². The molecule has 0 aliphatic heterocycles. The van der Waals surface area contributed by atoms with E-state index in [1.54, 1.807) is 6.92 Å². The molecule has 3 aromatic rings. The Morgan fingerprint density at radius 3 is 2.41 bits per heavy atom. The molecular weight excluding hydrogens is 395 g/mol. The minimum Gasteiger partial charge on any atom is -0.464 e. The molecule has 0 amide bonds. The summed E-state index contributed by atoms with van der Waals surface area (Å²) in [5, 5.41) is 7.66. The first kappa shape index (κ1) is 20.3.